The molecule has 1 aliphatic carbocycles. The average molecular weight is 302 g/mol. The molecule has 5 heteroatoms. The number of fused-ring (bicyclic) bond motifs is 1. The Morgan fingerprint density at radius 3 is 2.82 bits per heavy atom. The SMILES string of the molecule is COCC1(NC(=O)[C@H]2Cc3ccccc3C(=O)N2)CCCC1. The van der Waals surface area contributed by atoms with Crippen molar-refractivity contribution >= 4 is 11.8 Å². The molecule has 1 aromatic rings. The van der Waals surface area contributed by atoms with Gasteiger partial charge in [-0.05, 0) is 24.5 Å². The molecule has 0 saturated heterocycles. The van der Waals surface area contributed by atoms with Crippen molar-refractivity contribution in [2.75, 3.05) is 13.7 Å². The number of ether oxygens (including phenoxy) is 1. The molecule has 2 aliphatic rings. The first-order valence-corrected chi connectivity index (χ1v) is 7.83. The Morgan fingerprint density at radius 1 is 1.36 bits per heavy atom. The lowest BCUT2D eigenvalue weighted by molar-refractivity contribution is -0.125. The third-order valence-corrected chi connectivity index (χ3v) is 4.68. The fourth-order valence-electron chi connectivity index (χ4n) is 3.57. The van der Waals surface area contributed by atoms with Crippen molar-refractivity contribution in [3.05, 3.63) is 35.4 Å². The highest BCUT2D eigenvalue weighted by molar-refractivity contribution is 6.00. The van der Waals surface area contributed by atoms with E-state index < -0.39 is 6.04 Å². The van der Waals surface area contributed by atoms with Crippen LogP contribution in [0.4, 0.5) is 0 Å². The molecular formula is C17H22N2O3. The number of amides is 2. The van der Waals surface area contributed by atoms with Crippen LogP contribution in [0.3, 0.4) is 0 Å². The van der Waals surface area contributed by atoms with Crippen molar-refractivity contribution in [3.63, 3.8) is 0 Å². The summed E-state index contributed by atoms with van der Waals surface area (Å²) in [6.07, 6.45) is 4.61. The predicted molar refractivity (Wildman–Crippen MR) is 82.6 cm³/mol. The molecular weight excluding hydrogens is 280 g/mol. The molecule has 0 aromatic heterocycles. The second-order valence-corrected chi connectivity index (χ2v) is 6.30. The van der Waals surface area contributed by atoms with Gasteiger partial charge in [0.15, 0.2) is 0 Å². The largest absolute Gasteiger partial charge is 0.382 e. The van der Waals surface area contributed by atoms with Crippen LogP contribution in [0.5, 0.6) is 0 Å². The van der Waals surface area contributed by atoms with E-state index in [1.807, 2.05) is 18.2 Å². The van der Waals surface area contributed by atoms with Crippen molar-refractivity contribution in [1.29, 1.82) is 0 Å². The molecule has 0 radical (unpaired) electrons. The van der Waals surface area contributed by atoms with Crippen LogP contribution >= 0.6 is 0 Å². The molecule has 3 rings (SSSR count). The minimum atomic E-state index is -0.503. The number of benzene rings is 1. The summed E-state index contributed by atoms with van der Waals surface area (Å²) >= 11 is 0. The minimum Gasteiger partial charge on any atom is -0.382 e. The summed E-state index contributed by atoms with van der Waals surface area (Å²) in [5, 5.41) is 5.95. The van der Waals surface area contributed by atoms with Crippen LogP contribution in [-0.4, -0.2) is 37.1 Å². The van der Waals surface area contributed by atoms with Crippen LogP contribution < -0.4 is 10.6 Å². The maximum Gasteiger partial charge on any atom is 0.252 e. The number of methoxy groups -OCH3 is 1. The van der Waals surface area contributed by atoms with E-state index in [2.05, 4.69) is 10.6 Å². The molecule has 2 N–H and O–H groups in total. The summed E-state index contributed by atoms with van der Waals surface area (Å²) in [4.78, 5) is 24.7. The zero-order valence-electron chi connectivity index (χ0n) is 12.9. The Labute approximate surface area is 130 Å². The summed E-state index contributed by atoms with van der Waals surface area (Å²) in [7, 11) is 1.66. The van der Waals surface area contributed by atoms with Gasteiger partial charge in [-0.15, -0.1) is 0 Å². The highest BCUT2D eigenvalue weighted by Gasteiger charge is 2.38. The van der Waals surface area contributed by atoms with Crippen molar-refractivity contribution in [1.82, 2.24) is 10.6 Å². The van der Waals surface area contributed by atoms with Gasteiger partial charge in [0.25, 0.3) is 5.91 Å². The molecule has 1 aromatic carbocycles. The first-order valence-electron chi connectivity index (χ1n) is 7.83. The summed E-state index contributed by atoms with van der Waals surface area (Å²) in [6.45, 7) is 0.524. The molecule has 118 valence electrons. The van der Waals surface area contributed by atoms with E-state index in [-0.39, 0.29) is 17.4 Å². The van der Waals surface area contributed by atoms with E-state index in [1.54, 1.807) is 13.2 Å². The second-order valence-electron chi connectivity index (χ2n) is 6.30. The molecule has 5 nitrogen and oxygen atoms in total. The summed E-state index contributed by atoms with van der Waals surface area (Å²) in [5.74, 6) is -0.281. The summed E-state index contributed by atoms with van der Waals surface area (Å²) < 4.78 is 5.29. The van der Waals surface area contributed by atoms with Crippen LogP contribution in [0.25, 0.3) is 0 Å². The predicted octanol–water partition coefficient (Wildman–Crippen LogP) is 1.42. The second kappa shape index (κ2) is 6.08. The van der Waals surface area contributed by atoms with Gasteiger partial charge in [-0.3, -0.25) is 9.59 Å². The van der Waals surface area contributed by atoms with Crippen LogP contribution in [0.1, 0.15) is 41.6 Å². The van der Waals surface area contributed by atoms with E-state index in [9.17, 15) is 9.59 Å². The van der Waals surface area contributed by atoms with Crippen LogP contribution in [-0.2, 0) is 16.0 Å². The van der Waals surface area contributed by atoms with Crippen molar-refractivity contribution in [2.24, 2.45) is 0 Å². The number of carbonyl (C=O) groups excluding carboxylic acids is 2. The molecule has 2 amide bonds. The zero-order chi connectivity index (χ0) is 15.6. The topological polar surface area (TPSA) is 67.4 Å². The van der Waals surface area contributed by atoms with Gasteiger partial charge < -0.3 is 15.4 Å². The fraction of sp³-hybridized carbons (Fsp3) is 0.529. The Morgan fingerprint density at radius 2 is 2.09 bits per heavy atom. The van der Waals surface area contributed by atoms with E-state index >= 15 is 0 Å². The quantitative estimate of drug-likeness (QED) is 0.884. The summed E-state index contributed by atoms with van der Waals surface area (Å²) in [6, 6.07) is 6.94. The normalized spacial score (nSPS) is 22.8. The van der Waals surface area contributed by atoms with Crippen LogP contribution in [0.15, 0.2) is 24.3 Å². The third-order valence-electron chi connectivity index (χ3n) is 4.68. The summed E-state index contributed by atoms with van der Waals surface area (Å²) in [5.41, 5.74) is 1.32. The van der Waals surface area contributed by atoms with Gasteiger partial charge in [0.2, 0.25) is 5.91 Å². The lowest BCUT2D eigenvalue weighted by atomic mass is 9.93. The van der Waals surface area contributed by atoms with Gasteiger partial charge in [-0.1, -0.05) is 31.0 Å². The van der Waals surface area contributed by atoms with E-state index in [1.165, 1.54) is 0 Å². The van der Waals surface area contributed by atoms with Gasteiger partial charge in [0, 0.05) is 19.1 Å². The van der Waals surface area contributed by atoms with Gasteiger partial charge in [-0.2, -0.15) is 0 Å². The standard InChI is InChI=1S/C17H22N2O3/c1-22-11-17(8-4-5-9-17)19-16(21)14-10-12-6-2-3-7-13(12)15(20)18-14/h2-3,6-7,14H,4-5,8-11H2,1H3,(H,18,20)(H,19,21)/t14-/m1/s1. The fourth-order valence-corrected chi connectivity index (χ4v) is 3.57. The molecule has 1 fully saturated rings. The molecule has 22 heavy (non-hydrogen) atoms. The lowest BCUT2D eigenvalue weighted by Crippen LogP contribution is -2.58. The number of rotatable bonds is 4. The molecule has 1 aliphatic heterocycles. The van der Waals surface area contributed by atoms with Crippen molar-refractivity contribution in [3.8, 4) is 0 Å². The molecule has 0 unspecified atom stereocenters. The first-order chi connectivity index (χ1) is 10.6. The average Bonchev–Trinajstić information content (AvgIpc) is 2.96. The molecule has 0 bridgehead atoms. The number of hydrogen-bond acceptors (Lipinski definition) is 3. The maximum absolute atomic E-state index is 12.6. The van der Waals surface area contributed by atoms with Crippen LogP contribution in [0, 0.1) is 0 Å². The number of carbonyl (C=O) groups is 2. The maximum atomic E-state index is 12.6. The van der Waals surface area contributed by atoms with Gasteiger partial charge in [0.1, 0.15) is 6.04 Å². The molecule has 0 spiro atoms. The first kappa shape index (κ1) is 15.0. The number of hydrogen-bond donors (Lipinski definition) is 2. The molecule has 1 atom stereocenters. The highest BCUT2D eigenvalue weighted by Crippen LogP contribution is 2.30. The van der Waals surface area contributed by atoms with Gasteiger partial charge in [0.05, 0.1) is 12.1 Å². The van der Waals surface area contributed by atoms with Gasteiger partial charge >= 0.3 is 0 Å². The highest BCUT2D eigenvalue weighted by atomic mass is 16.5. The molecule has 1 saturated carbocycles. The Kier molecular flexibility index (Phi) is 4.16. The Bertz CT molecular complexity index is 579. The van der Waals surface area contributed by atoms with Crippen molar-refractivity contribution in [2.45, 2.75) is 43.7 Å². The van der Waals surface area contributed by atoms with E-state index in [0.29, 0.717) is 18.6 Å². The van der Waals surface area contributed by atoms with Crippen molar-refractivity contribution < 1.29 is 14.3 Å². The van der Waals surface area contributed by atoms with Crippen LogP contribution in [0.2, 0.25) is 0 Å². The minimum absolute atomic E-state index is 0.109. The smallest absolute Gasteiger partial charge is 0.252 e. The molecule has 1 heterocycles. The monoisotopic (exact) mass is 302 g/mol. The third kappa shape index (κ3) is 2.86. The lowest BCUT2D eigenvalue weighted by Gasteiger charge is -2.33. The number of nitrogens with one attached hydrogen (secondary N) is 2. The van der Waals surface area contributed by atoms with Gasteiger partial charge in [-0.25, -0.2) is 0 Å². The zero-order valence-corrected chi connectivity index (χ0v) is 12.9. The Balaban J connectivity index is 1.72. The Hall–Kier alpha value is -1.88. The van der Waals surface area contributed by atoms with E-state index in [4.69, 9.17) is 4.74 Å². The van der Waals surface area contributed by atoms with E-state index in [0.717, 1.165) is 31.2 Å².